The zero-order chi connectivity index (χ0) is 14.7. The first-order valence-electron chi connectivity index (χ1n) is 6.47. The Morgan fingerprint density at radius 1 is 1.50 bits per heavy atom. The quantitative estimate of drug-likeness (QED) is 0.659. The minimum Gasteiger partial charge on any atom is -0.330 e. The van der Waals surface area contributed by atoms with Crippen LogP contribution in [0.4, 0.5) is 11.4 Å². The first kappa shape index (κ1) is 14.7. The van der Waals surface area contributed by atoms with Crippen molar-refractivity contribution in [1.82, 2.24) is 0 Å². The molecule has 0 heterocycles. The predicted molar refractivity (Wildman–Crippen MR) is 76.6 cm³/mol. The lowest BCUT2D eigenvalue weighted by Crippen LogP contribution is -2.29. The monoisotopic (exact) mass is 297 g/mol. The fourth-order valence-corrected chi connectivity index (χ4v) is 2.82. The highest BCUT2D eigenvalue weighted by Gasteiger charge is 2.32. The van der Waals surface area contributed by atoms with Crippen LogP contribution in [0.15, 0.2) is 18.2 Å². The molecule has 1 fully saturated rings. The van der Waals surface area contributed by atoms with Gasteiger partial charge >= 0.3 is 0 Å². The van der Waals surface area contributed by atoms with Crippen molar-refractivity contribution in [2.24, 2.45) is 17.6 Å². The maximum atomic E-state index is 12.2. The summed E-state index contributed by atoms with van der Waals surface area (Å²) < 4.78 is 0. The summed E-state index contributed by atoms with van der Waals surface area (Å²) >= 11 is 5.74. The number of hydrogen-bond donors (Lipinski definition) is 2. The second-order valence-corrected chi connectivity index (χ2v) is 5.38. The van der Waals surface area contributed by atoms with Gasteiger partial charge in [-0.25, -0.2) is 0 Å². The number of nitrogens with one attached hydrogen (secondary N) is 1. The lowest BCUT2D eigenvalue weighted by atomic mass is 9.95. The van der Waals surface area contributed by atoms with Gasteiger partial charge < -0.3 is 11.1 Å². The lowest BCUT2D eigenvalue weighted by molar-refractivity contribution is -0.383. The van der Waals surface area contributed by atoms with Gasteiger partial charge in [-0.2, -0.15) is 0 Å². The Morgan fingerprint density at radius 3 is 2.90 bits per heavy atom. The van der Waals surface area contributed by atoms with Crippen molar-refractivity contribution in [3.8, 4) is 0 Å². The number of anilines is 1. The molecule has 1 aromatic rings. The summed E-state index contributed by atoms with van der Waals surface area (Å²) in [6.45, 7) is 0.459. The number of carbonyl (C=O) groups excluding carboxylic acids is 1. The number of benzene rings is 1. The molecule has 2 atom stereocenters. The molecule has 1 aliphatic rings. The van der Waals surface area contributed by atoms with E-state index in [4.69, 9.17) is 17.3 Å². The van der Waals surface area contributed by atoms with Crippen LogP contribution in [0.1, 0.15) is 19.3 Å². The summed E-state index contributed by atoms with van der Waals surface area (Å²) in [7, 11) is 0. The zero-order valence-corrected chi connectivity index (χ0v) is 11.6. The van der Waals surface area contributed by atoms with Crippen molar-refractivity contribution in [3.63, 3.8) is 0 Å². The normalized spacial score (nSPS) is 21.7. The Balaban J connectivity index is 2.17. The molecule has 2 unspecified atom stereocenters. The number of nitro groups is 1. The van der Waals surface area contributed by atoms with Crippen LogP contribution in [0.3, 0.4) is 0 Å². The zero-order valence-electron chi connectivity index (χ0n) is 10.8. The highest BCUT2D eigenvalue weighted by Crippen LogP contribution is 2.33. The first-order chi connectivity index (χ1) is 9.52. The molecule has 7 heteroatoms. The van der Waals surface area contributed by atoms with E-state index in [0.717, 1.165) is 19.3 Å². The van der Waals surface area contributed by atoms with Gasteiger partial charge in [0.2, 0.25) is 5.91 Å². The third-order valence-electron chi connectivity index (χ3n) is 3.71. The van der Waals surface area contributed by atoms with Gasteiger partial charge in [0, 0.05) is 17.0 Å². The second-order valence-electron chi connectivity index (χ2n) is 4.94. The van der Waals surface area contributed by atoms with E-state index in [1.807, 2.05) is 0 Å². The maximum absolute atomic E-state index is 12.2. The number of nitrogens with zero attached hydrogens (tertiary/aromatic N) is 1. The number of nitrogens with two attached hydrogens (primary N) is 1. The molecular formula is C13H16ClN3O3. The SMILES string of the molecule is NCC1CCCC1C(=O)Nc1ccc(Cl)cc1[N+](=O)[O-]. The van der Waals surface area contributed by atoms with Crippen molar-refractivity contribution >= 4 is 28.9 Å². The fraction of sp³-hybridized carbons (Fsp3) is 0.462. The van der Waals surface area contributed by atoms with Crippen molar-refractivity contribution in [2.45, 2.75) is 19.3 Å². The molecule has 0 aliphatic heterocycles. The van der Waals surface area contributed by atoms with Crippen LogP contribution in [0.2, 0.25) is 5.02 Å². The van der Waals surface area contributed by atoms with E-state index in [1.54, 1.807) is 0 Å². The molecule has 2 rings (SSSR count). The average Bonchev–Trinajstić information content (AvgIpc) is 2.89. The topological polar surface area (TPSA) is 98.3 Å². The number of carbonyl (C=O) groups is 1. The van der Waals surface area contributed by atoms with Gasteiger partial charge in [-0.3, -0.25) is 14.9 Å². The summed E-state index contributed by atoms with van der Waals surface area (Å²) in [5.41, 5.74) is 5.62. The van der Waals surface area contributed by atoms with Crippen molar-refractivity contribution in [3.05, 3.63) is 33.3 Å². The molecule has 108 valence electrons. The molecule has 20 heavy (non-hydrogen) atoms. The summed E-state index contributed by atoms with van der Waals surface area (Å²) in [6, 6.07) is 4.19. The van der Waals surface area contributed by atoms with Gasteiger partial charge in [0.1, 0.15) is 5.69 Å². The Bertz CT molecular complexity index is 536. The number of halogens is 1. The molecule has 0 spiro atoms. The van der Waals surface area contributed by atoms with E-state index in [9.17, 15) is 14.9 Å². The molecule has 1 amide bonds. The lowest BCUT2D eigenvalue weighted by Gasteiger charge is -2.17. The number of rotatable bonds is 4. The maximum Gasteiger partial charge on any atom is 0.294 e. The summed E-state index contributed by atoms with van der Waals surface area (Å²) in [4.78, 5) is 22.6. The number of nitro benzene ring substituents is 1. The Labute approximate surface area is 121 Å². The van der Waals surface area contributed by atoms with Crippen LogP contribution >= 0.6 is 11.6 Å². The molecular weight excluding hydrogens is 282 g/mol. The smallest absolute Gasteiger partial charge is 0.294 e. The van der Waals surface area contributed by atoms with Crippen LogP contribution in [0, 0.1) is 22.0 Å². The van der Waals surface area contributed by atoms with Gasteiger partial charge in [-0.05, 0) is 37.4 Å². The number of hydrogen-bond acceptors (Lipinski definition) is 4. The molecule has 1 saturated carbocycles. The standard InChI is InChI=1S/C13H16ClN3O3/c14-9-4-5-11(12(6-9)17(19)20)16-13(18)10-3-1-2-8(10)7-15/h4-6,8,10H,1-3,7,15H2,(H,16,18). The first-order valence-corrected chi connectivity index (χ1v) is 6.85. The molecule has 1 aromatic carbocycles. The Morgan fingerprint density at radius 2 is 2.25 bits per heavy atom. The summed E-state index contributed by atoms with van der Waals surface area (Å²) in [5.74, 6) is -0.222. The van der Waals surface area contributed by atoms with Gasteiger partial charge in [0.15, 0.2) is 0 Å². The summed E-state index contributed by atoms with van der Waals surface area (Å²) in [5, 5.41) is 13.9. The third kappa shape index (κ3) is 3.08. The van der Waals surface area contributed by atoms with Crippen LogP contribution in [-0.2, 0) is 4.79 Å². The molecule has 0 saturated heterocycles. The van der Waals surface area contributed by atoms with Crippen LogP contribution in [0.25, 0.3) is 0 Å². The van der Waals surface area contributed by atoms with Crippen molar-refractivity contribution in [1.29, 1.82) is 0 Å². The highest BCUT2D eigenvalue weighted by atomic mass is 35.5. The molecule has 1 aliphatic carbocycles. The predicted octanol–water partition coefficient (Wildman–Crippen LogP) is 2.56. The van der Waals surface area contributed by atoms with E-state index in [0.29, 0.717) is 6.54 Å². The van der Waals surface area contributed by atoms with Gasteiger partial charge in [0.25, 0.3) is 5.69 Å². The summed E-state index contributed by atoms with van der Waals surface area (Å²) in [6.07, 6.45) is 2.66. The average molecular weight is 298 g/mol. The van der Waals surface area contributed by atoms with E-state index in [1.165, 1.54) is 18.2 Å². The third-order valence-corrected chi connectivity index (χ3v) is 3.95. The van der Waals surface area contributed by atoms with Crippen molar-refractivity contribution in [2.75, 3.05) is 11.9 Å². The Kier molecular flexibility index (Phi) is 4.57. The van der Waals surface area contributed by atoms with Gasteiger partial charge in [0.05, 0.1) is 4.92 Å². The second kappa shape index (κ2) is 6.19. The van der Waals surface area contributed by atoms with E-state index >= 15 is 0 Å². The van der Waals surface area contributed by atoms with Crippen molar-refractivity contribution < 1.29 is 9.72 Å². The van der Waals surface area contributed by atoms with Crippen LogP contribution in [0.5, 0.6) is 0 Å². The van der Waals surface area contributed by atoms with Crippen LogP contribution < -0.4 is 11.1 Å². The molecule has 0 bridgehead atoms. The molecule has 0 radical (unpaired) electrons. The largest absolute Gasteiger partial charge is 0.330 e. The van der Waals surface area contributed by atoms with Gasteiger partial charge in [-0.15, -0.1) is 0 Å². The minimum atomic E-state index is -0.559. The van der Waals surface area contributed by atoms with E-state index in [2.05, 4.69) is 5.32 Å². The molecule has 3 N–H and O–H groups in total. The highest BCUT2D eigenvalue weighted by molar-refractivity contribution is 6.31. The molecule has 0 aromatic heterocycles. The van der Waals surface area contributed by atoms with Crippen LogP contribution in [-0.4, -0.2) is 17.4 Å². The van der Waals surface area contributed by atoms with Gasteiger partial charge in [-0.1, -0.05) is 18.0 Å². The fourth-order valence-electron chi connectivity index (χ4n) is 2.65. The van der Waals surface area contributed by atoms with E-state index in [-0.39, 0.29) is 34.1 Å². The number of amides is 1. The Hall–Kier alpha value is -1.66. The molecule has 6 nitrogen and oxygen atoms in total. The van der Waals surface area contributed by atoms with E-state index < -0.39 is 4.92 Å². The minimum absolute atomic E-state index is 0.154.